The van der Waals surface area contributed by atoms with Crippen LogP contribution in [-0.2, 0) is 16.0 Å². The maximum atomic E-state index is 11.4. The molecular formula is C12H11ClO3. The Morgan fingerprint density at radius 3 is 3.12 bits per heavy atom. The smallest absolute Gasteiger partial charge is 0.373 e. The van der Waals surface area contributed by atoms with Crippen LogP contribution in [0.5, 0.6) is 5.75 Å². The first-order chi connectivity index (χ1) is 7.70. The van der Waals surface area contributed by atoms with Crippen molar-refractivity contribution in [3.05, 3.63) is 40.6 Å². The number of hydrogen-bond acceptors (Lipinski definition) is 3. The maximum absolute atomic E-state index is 11.4. The Hall–Kier alpha value is -1.48. The third kappa shape index (κ3) is 2.19. The number of carbonyl (C=O) groups excluding carboxylic acids is 1. The molecule has 1 heterocycles. The summed E-state index contributed by atoms with van der Waals surface area (Å²) < 4.78 is 10.3. The monoisotopic (exact) mass is 238 g/mol. The molecule has 1 aromatic rings. The van der Waals surface area contributed by atoms with Gasteiger partial charge in [0.15, 0.2) is 0 Å². The molecule has 0 saturated carbocycles. The second kappa shape index (κ2) is 4.58. The van der Waals surface area contributed by atoms with Crippen molar-refractivity contribution in [2.24, 2.45) is 0 Å². The fourth-order valence-corrected chi connectivity index (χ4v) is 1.64. The van der Waals surface area contributed by atoms with Crippen LogP contribution in [0.4, 0.5) is 0 Å². The number of fused-ring (bicyclic) bond motifs is 1. The summed E-state index contributed by atoms with van der Waals surface area (Å²) >= 11 is 5.85. The van der Waals surface area contributed by atoms with Gasteiger partial charge in [0.25, 0.3) is 0 Å². The quantitative estimate of drug-likeness (QED) is 0.744. The van der Waals surface area contributed by atoms with Gasteiger partial charge in [0.2, 0.25) is 5.76 Å². The van der Waals surface area contributed by atoms with Crippen LogP contribution in [0.1, 0.15) is 12.5 Å². The molecule has 1 aliphatic heterocycles. The molecule has 4 heteroatoms. The normalized spacial score (nSPS) is 13.5. The summed E-state index contributed by atoms with van der Waals surface area (Å²) in [5.74, 6) is 0.419. The number of benzene rings is 1. The molecule has 84 valence electrons. The molecule has 0 fully saturated rings. The van der Waals surface area contributed by atoms with Gasteiger partial charge in [0.05, 0.1) is 6.61 Å². The number of carbonyl (C=O) groups is 1. The first kappa shape index (κ1) is 11.0. The van der Waals surface area contributed by atoms with Crippen LogP contribution in [0.15, 0.2) is 30.0 Å². The number of rotatable bonds is 2. The lowest BCUT2D eigenvalue weighted by atomic mass is 10.1. The fourth-order valence-electron chi connectivity index (χ4n) is 1.48. The summed E-state index contributed by atoms with van der Waals surface area (Å²) in [6, 6.07) is 5.38. The van der Waals surface area contributed by atoms with Crippen molar-refractivity contribution in [3.8, 4) is 5.75 Å². The molecule has 0 aliphatic carbocycles. The molecular weight excluding hydrogens is 228 g/mol. The van der Waals surface area contributed by atoms with E-state index in [1.165, 1.54) is 0 Å². The van der Waals surface area contributed by atoms with Crippen LogP contribution < -0.4 is 4.74 Å². The average molecular weight is 239 g/mol. The van der Waals surface area contributed by atoms with Crippen molar-refractivity contribution in [3.63, 3.8) is 0 Å². The fraction of sp³-hybridized carbons (Fsp3) is 0.250. The zero-order valence-electron chi connectivity index (χ0n) is 8.83. The summed E-state index contributed by atoms with van der Waals surface area (Å²) in [5, 5.41) is 0.587. The van der Waals surface area contributed by atoms with Crippen LogP contribution >= 0.6 is 11.6 Å². The summed E-state index contributed by atoms with van der Waals surface area (Å²) in [7, 11) is 0. The van der Waals surface area contributed by atoms with Gasteiger partial charge < -0.3 is 9.47 Å². The molecule has 0 spiro atoms. The number of hydrogen-bond donors (Lipinski definition) is 0. The van der Waals surface area contributed by atoms with Crippen LogP contribution in [0.3, 0.4) is 0 Å². The van der Waals surface area contributed by atoms with Crippen molar-refractivity contribution in [1.29, 1.82) is 0 Å². The standard InChI is InChI=1S/C12H11ClO3/c1-2-15-12(14)10-6-4-8-3-5-9(13)7-11(8)16-10/h3,5-7H,2,4H2,1H3. The molecule has 0 radical (unpaired) electrons. The molecule has 0 saturated heterocycles. The Morgan fingerprint density at radius 2 is 2.38 bits per heavy atom. The Balaban J connectivity index is 2.20. The molecule has 0 aromatic heterocycles. The van der Waals surface area contributed by atoms with Crippen molar-refractivity contribution in [2.45, 2.75) is 13.3 Å². The molecule has 2 rings (SSSR count). The van der Waals surface area contributed by atoms with E-state index in [0.717, 1.165) is 5.56 Å². The first-order valence-electron chi connectivity index (χ1n) is 5.04. The molecule has 0 bridgehead atoms. The molecule has 0 N–H and O–H groups in total. The van der Waals surface area contributed by atoms with Crippen molar-refractivity contribution < 1.29 is 14.3 Å². The van der Waals surface area contributed by atoms with E-state index < -0.39 is 5.97 Å². The average Bonchev–Trinajstić information content (AvgIpc) is 2.28. The lowest BCUT2D eigenvalue weighted by Gasteiger charge is -2.17. The summed E-state index contributed by atoms with van der Waals surface area (Å²) in [4.78, 5) is 11.4. The van der Waals surface area contributed by atoms with E-state index in [-0.39, 0.29) is 5.76 Å². The van der Waals surface area contributed by atoms with Crippen LogP contribution in [-0.4, -0.2) is 12.6 Å². The summed E-state index contributed by atoms with van der Waals surface area (Å²) in [5.41, 5.74) is 1.01. The predicted octanol–water partition coefficient (Wildman–Crippen LogP) is 2.72. The number of ether oxygens (including phenoxy) is 2. The minimum absolute atomic E-state index is 0.233. The van der Waals surface area contributed by atoms with Gasteiger partial charge >= 0.3 is 5.97 Å². The minimum Gasteiger partial charge on any atom is -0.460 e. The topological polar surface area (TPSA) is 35.5 Å². The van der Waals surface area contributed by atoms with Gasteiger partial charge in [0.1, 0.15) is 5.75 Å². The second-order valence-electron chi connectivity index (χ2n) is 3.35. The molecule has 1 aromatic carbocycles. The molecule has 0 amide bonds. The van der Waals surface area contributed by atoms with Crippen LogP contribution in [0.2, 0.25) is 5.02 Å². The van der Waals surface area contributed by atoms with E-state index in [1.807, 2.05) is 6.07 Å². The van der Waals surface area contributed by atoms with Crippen molar-refractivity contribution in [2.75, 3.05) is 6.61 Å². The lowest BCUT2D eigenvalue weighted by Crippen LogP contribution is -2.16. The second-order valence-corrected chi connectivity index (χ2v) is 3.78. The van der Waals surface area contributed by atoms with Gasteiger partial charge in [-0.3, -0.25) is 0 Å². The molecule has 0 atom stereocenters. The Bertz CT molecular complexity index is 452. The van der Waals surface area contributed by atoms with Gasteiger partial charge in [-0.05, 0) is 37.1 Å². The highest BCUT2D eigenvalue weighted by Crippen LogP contribution is 2.29. The van der Waals surface area contributed by atoms with E-state index >= 15 is 0 Å². The molecule has 3 nitrogen and oxygen atoms in total. The van der Waals surface area contributed by atoms with Crippen molar-refractivity contribution in [1.82, 2.24) is 0 Å². The van der Waals surface area contributed by atoms with Crippen LogP contribution in [0.25, 0.3) is 0 Å². The third-order valence-corrected chi connectivity index (χ3v) is 2.47. The Morgan fingerprint density at radius 1 is 1.56 bits per heavy atom. The summed E-state index contributed by atoms with van der Waals surface area (Å²) in [6.07, 6.45) is 2.37. The van der Waals surface area contributed by atoms with Gasteiger partial charge in [-0.2, -0.15) is 0 Å². The Labute approximate surface area is 98.6 Å². The summed E-state index contributed by atoms with van der Waals surface area (Å²) in [6.45, 7) is 2.09. The lowest BCUT2D eigenvalue weighted by molar-refractivity contribution is -0.141. The Kier molecular flexibility index (Phi) is 3.15. The van der Waals surface area contributed by atoms with E-state index in [9.17, 15) is 4.79 Å². The van der Waals surface area contributed by atoms with Gasteiger partial charge in [-0.1, -0.05) is 17.7 Å². The SMILES string of the molecule is CCOC(=O)C1=CCc2ccc(Cl)cc2O1. The van der Waals surface area contributed by atoms with Crippen LogP contribution in [0, 0.1) is 0 Å². The van der Waals surface area contributed by atoms with E-state index in [2.05, 4.69) is 0 Å². The third-order valence-electron chi connectivity index (χ3n) is 2.23. The molecule has 0 unspecified atom stereocenters. The molecule has 1 aliphatic rings. The minimum atomic E-state index is -0.437. The van der Waals surface area contributed by atoms with Gasteiger partial charge in [-0.25, -0.2) is 4.79 Å². The van der Waals surface area contributed by atoms with E-state index in [0.29, 0.717) is 23.8 Å². The molecule has 16 heavy (non-hydrogen) atoms. The first-order valence-corrected chi connectivity index (χ1v) is 5.42. The maximum Gasteiger partial charge on any atom is 0.373 e. The largest absolute Gasteiger partial charge is 0.460 e. The number of allylic oxidation sites excluding steroid dienone is 1. The van der Waals surface area contributed by atoms with Gasteiger partial charge in [-0.15, -0.1) is 0 Å². The number of halogens is 1. The zero-order chi connectivity index (χ0) is 11.5. The highest BCUT2D eigenvalue weighted by molar-refractivity contribution is 6.30. The van der Waals surface area contributed by atoms with E-state index in [1.54, 1.807) is 25.1 Å². The predicted molar refractivity (Wildman–Crippen MR) is 60.5 cm³/mol. The van der Waals surface area contributed by atoms with E-state index in [4.69, 9.17) is 21.1 Å². The zero-order valence-corrected chi connectivity index (χ0v) is 9.58. The highest BCUT2D eigenvalue weighted by atomic mass is 35.5. The number of esters is 1. The van der Waals surface area contributed by atoms with Gasteiger partial charge in [0, 0.05) is 5.02 Å². The van der Waals surface area contributed by atoms with Crippen molar-refractivity contribution >= 4 is 17.6 Å². The highest BCUT2D eigenvalue weighted by Gasteiger charge is 2.19.